The lowest BCUT2D eigenvalue weighted by molar-refractivity contribution is 0.143. The monoisotopic (exact) mass is 435 g/mol. The Morgan fingerprint density at radius 1 is 1.23 bits per heavy atom. The largest absolute Gasteiger partial charge is 0.442 e. The van der Waals surface area contributed by atoms with Crippen LogP contribution in [0.25, 0.3) is 0 Å². The van der Waals surface area contributed by atoms with E-state index in [0.717, 1.165) is 17.8 Å². The molecule has 0 aromatic heterocycles. The maximum Gasteiger partial charge on any atom is 0.414 e. The third kappa shape index (κ3) is 4.47. The molecule has 3 fully saturated rings. The van der Waals surface area contributed by atoms with Crippen molar-refractivity contribution in [3.63, 3.8) is 0 Å². The fourth-order valence-electron chi connectivity index (χ4n) is 3.78. The van der Waals surface area contributed by atoms with E-state index in [1.165, 1.54) is 17.0 Å². The second-order valence-electron chi connectivity index (χ2n) is 7.82. The van der Waals surface area contributed by atoms with Gasteiger partial charge < -0.3 is 15.0 Å². The number of benzene rings is 1. The van der Waals surface area contributed by atoms with Crippen molar-refractivity contribution in [2.45, 2.75) is 18.9 Å². The van der Waals surface area contributed by atoms with Crippen LogP contribution in [0.4, 0.5) is 25.0 Å². The highest BCUT2D eigenvalue weighted by molar-refractivity contribution is 7.80. The molecule has 2 saturated heterocycles. The van der Waals surface area contributed by atoms with Gasteiger partial charge in [0.15, 0.2) is 11.6 Å². The molecule has 2 heterocycles. The highest BCUT2D eigenvalue weighted by atomic mass is 32.1. The van der Waals surface area contributed by atoms with Crippen molar-refractivity contribution in [2.75, 3.05) is 55.6 Å². The molecule has 0 spiro atoms. The van der Waals surface area contributed by atoms with Gasteiger partial charge in [-0.25, -0.2) is 13.6 Å². The predicted molar refractivity (Wildman–Crippen MR) is 112 cm³/mol. The third-order valence-electron chi connectivity index (χ3n) is 5.62. The van der Waals surface area contributed by atoms with E-state index in [1.807, 2.05) is 4.90 Å². The number of hydrogen-bond donors (Lipinski definition) is 1. The van der Waals surface area contributed by atoms with Crippen molar-refractivity contribution in [1.82, 2.24) is 10.2 Å². The van der Waals surface area contributed by atoms with Crippen molar-refractivity contribution >= 4 is 34.7 Å². The average Bonchev–Trinajstić information content (AvgIpc) is 3.50. The number of anilines is 2. The number of rotatable bonds is 6. The van der Waals surface area contributed by atoms with Gasteiger partial charge in [-0.05, 0) is 12.8 Å². The zero-order valence-corrected chi connectivity index (χ0v) is 17.3. The highest BCUT2D eigenvalue weighted by Gasteiger charge is 2.35. The molecule has 7 nitrogen and oxygen atoms in total. The third-order valence-corrected chi connectivity index (χ3v) is 6.10. The number of amides is 1. The normalized spacial score (nSPS) is 22.0. The van der Waals surface area contributed by atoms with Gasteiger partial charge in [-0.15, -0.1) is 0 Å². The summed E-state index contributed by atoms with van der Waals surface area (Å²) in [4.78, 5) is 17.8. The van der Waals surface area contributed by atoms with Crippen LogP contribution in [0.15, 0.2) is 12.1 Å². The fraction of sp³-hybridized carbons (Fsp3) is 0.550. The fourth-order valence-corrected chi connectivity index (χ4v) is 4.10. The van der Waals surface area contributed by atoms with E-state index in [0.29, 0.717) is 45.2 Å². The van der Waals surface area contributed by atoms with E-state index in [1.54, 1.807) is 4.90 Å². The number of piperazine rings is 1. The summed E-state index contributed by atoms with van der Waals surface area (Å²) in [5.41, 5.74) is 0.0325. The number of carbonyl (C=O) groups is 1. The van der Waals surface area contributed by atoms with Crippen molar-refractivity contribution in [3.8, 4) is 6.07 Å². The highest BCUT2D eigenvalue weighted by Crippen LogP contribution is 2.32. The predicted octanol–water partition coefficient (Wildman–Crippen LogP) is 2.26. The van der Waals surface area contributed by atoms with Gasteiger partial charge in [0.2, 0.25) is 0 Å². The molecule has 0 unspecified atom stereocenters. The quantitative estimate of drug-likeness (QED) is 0.543. The Morgan fingerprint density at radius 3 is 2.50 bits per heavy atom. The summed E-state index contributed by atoms with van der Waals surface area (Å²) in [7, 11) is 0. The van der Waals surface area contributed by atoms with E-state index in [-0.39, 0.29) is 17.9 Å². The van der Waals surface area contributed by atoms with Crippen LogP contribution in [0, 0.1) is 28.9 Å². The Hall–Kier alpha value is -2.51. The first-order valence-electron chi connectivity index (χ1n) is 10.1. The van der Waals surface area contributed by atoms with Crippen LogP contribution < -0.4 is 15.1 Å². The molecule has 1 aliphatic carbocycles. The number of halogens is 2. The molecule has 1 atom stereocenters. The zero-order valence-electron chi connectivity index (χ0n) is 16.4. The lowest BCUT2D eigenvalue weighted by Crippen LogP contribution is -2.47. The Bertz CT molecular complexity index is 857. The Morgan fingerprint density at radius 2 is 1.90 bits per heavy atom. The Kier molecular flexibility index (Phi) is 6.01. The molecule has 1 saturated carbocycles. The van der Waals surface area contributed by atoms with Gasteiger partial charge in [-0.2, -0.15) is 5.26 Å². The van der Waals surface area contributed by atoms with Gasteiger partial charge in [0, 0.05) is 44.2 Å². The molecule has 160 valence electrons. The van der Waals surface area contributed by atoms with E-state index in [4.69, 9.17) is 22.2 Å². The molecule has 10 heteroatoms. The van der Waals surface area contributed by atoms with Crippen LogP contribution in [-0.4, -0.2) is 67.9 Å². The molecule has 2 aliphatic heterocycles. The van der Waals surface area contributed by atoms with Gasteiger partial charge in [0.1, 0.15) is 11.8 Å². The van der Waals surface area contributed by atoms with Gasteiger partial charge >= 0.3 is 6.09 Å². The SMILES string of the molecule is N#CCN1CCN(c2c(F)cc(N3C[C@H](CNC(=S)C4CC4)OC3=O)cc2F)CC1. The molecule has 1 aromatic carbocycles. The van der Waals surface area contributed by atoms with E-state index in [9.17, 15) is 13.6 Å². The van der Waals surface area contributed by atoms with Crippen molar-refractivity contribution in [2.24, 2.45) is 5.92 Å². The number of hydrogen-bond acceptors (Lipinski definition) is 6. The van der Waals surface area contributed by atoms with Crippen LogP contribution in [0.1, 0.15) is 12.8 Å². The van der Waals surface area contributed by atoms with E-state index in [2.05, 4.69) is 11.4 Å². The molecule has 1 aromatic rings. The van der Waals surface area contributed by atoms with Crippen LogP contribution in [0.3, 0.4) is 0 Å². The first kappa shape index (κ1) is 20.8. The topological polar surface area (TPSA) is 71.8 Å². The van der Waals surface area contributed by atoms with Crippen LogP contribution in [0.2, 0.25) is 0 Å². The molecular formula is C20H23F2N5O2S. The minimum Gasteiger partial charge on any atom is -0.442 e. The van der Waals surface area contributed by atoms with E-state index < -0.39 is 23.8 Å². The molecule has 1 N–H and O–H groups in total. The number of nitrogens with zero attached hydrogens (tertiary/aromatic N) is 4. The standard InChI is InChI=1S/C20H23F2N5O2S/c21-16-9-14(10-17(22)18(16)26-7-5-25(4-3-23)6-8-26)27-12-15(29-20(27)28)11-24-19(30)13-1-2-13/h9-10,13,15H,1-2,4-8,11-12H2,(H,24,30)/t15-/m0/s1. The van der Waals surface area contributed by atoms with Crippen LogP contribution in [0.5, 0.6) is 0 Å². The van der Waals surface area contributed by atoms with Crippen LogP contribution in [-0.2, 0) is 4.74 Å². The number of ether oxygens (including phenoxy) is 1. The molecule has 1 amide bonds. The van der Waals surface area contributed by atoms with Gasteiger partial charge in [0.05, 0.1) is 36.4 Å². The van der Waals surface area contributed by atoms with Crippen molar-refractivity contribution < 1.29 is 18.3 Å². The van der Waals surface area contributed by atoms with Crippen molar-refractivity contribution in [3.05, 3.63) is 23.8 Å². The summed E-state index contributed by atoms with van der Waals surface area (Å²) in [5.74, 6) is -1.02. The molecule has 30 heavy (non-hydrogen) atoms. The maximum absolute atomic E-state index is 14.8. The lowest BCUT2D eigenvalue weighted by atomic mass is 10.2. The van der Waals surface area contributed by atoms with E-state index >= 15 is 0 Å². The summed E-state index contributed by atoms with van der Waals surface area (Å²) in [6, 6.07) is 4.43. The minimum absolute atomic E-state index is 0.101. The number of cyclic esters (lactones) is 1. The lowest BCUT2D eigenvalue weighted by Gasteiger charge is -2.35. The van der Waals surface area contributed by atoms with Crippen molar-refractivity contribution in [1.29, 1.82) is 5.26 Å². The summed E-state index contributed by atoms with van der Waals surface area (Å²) >= 11 is 5.27. The smallest absolute Gasteiger partial charge is 0.414 e. The summed E-state index contributed by atoms with van der Waals surface area (Å²) in [5, 5.41) is 11.9. The van der Waals surface area contributed by atoms with Gasteiger partial charge in [-0.1, -0.05) is 12.2 Å². The molecular weight excluding hydrogens is 412 g/mol. The zero-order chi connectivity index (χ0) is 21.3. The molecule has 3 aliphatic rings. The molecule has 0 radical (unpaired) electrons. The second kappa shape index (κ2) is 8.70. The molecule has 0 bridgehead atoms. The maximum atomic E-state index is 14.8. The summed E-state index contributed by atoms with van der Waals surface area (Å²) < 4.78 is 34.9. The number of nitriles is 1. The van der Waals surface area contributed by atoms with Crippen LogP contribution >= 0.6 is 12.2 Å². The Labute approximate surface area is 179 Å². The summed E-state index contributed by atoms with van der Waals surface area (Å²) in [6.45, 7) is 2.85. The second-order valence-corrected chi connectivity index (χ2v) is 8.25. The minimum atomic E-state index is -0.719. The summed E-state index contributed by atoms with van der Waals surface area (Å²) in [6.07, 6.45) is 1.10. The number of nitrogens with one attached hydrogen (secondary N) is 1. The average molecular weight is 436 g/mol. The first-order valence-corrected chi connectivity index (χ1v) is 10.5. The number of thiocarbonyl (C=S) groups is 1. The number of carbonyl (C=O) groups excluding carboxylic acids is 1. The molecule has 4 rings (SSSR count). The van der Waals surface area contributed by atoms with Gasteiger partial charge in [-0.3, -0.25) is 9.80 Å². The van der Waals surface area contributed by atoms with Gasteiger partial charge in [0.25, 0.3) is 0 Å². The first-order chi connectivity index (χ1) is 14.5. The Balaban J connectivity index is 1.41.